The molecule has 1 unspecified atom stereocenters. The minimum Gasteiger partial charge on any atom is -0.469 e. The number of carbonyl (C=O) groups excluding carboxylic acids is 1. The molecule has 1 heterocycles. The highest BCUT2D eigenvalue weighted by atomic mass is 16.3. The van der Waals surface area contributed by atoms with Gasteiger partial charge in [0.15, 0.2) is 0 Å². The molecule has 1 aromatic rings. The van der Waals surface area contributed by atoms with E-state index in [4.69, 9.17) is 10.2 Å². The van der Waals surface area contributed by atoms with Crippen molar-refractivity contribution in [1.29, 1.82) is 0 Å². The normalized spacial score (nSPS) is 12.5. The average molecular weight is 182 g/mol. The third-order valence-corrected chi connectivity index (χ3v) is 1.68. The summed E-state index contributed by atoms with van der Waals surface area (Å²) < 4.78 is 5.03. The van der Waals surface area contributed by atoms with Gasteiger partial charge in [0.05, 0.1) is 12.7 Å². The zero-order valence-electron chi connectivity index (χ0n) is 7.62. The number of nitrogens with two attached hydrogens (primary N) is 1. The quantitative estimate of drug-likeness (QED) is 0.703. The standard InChI is InChI=1S/C9H14N2O2/c1-7(6-10)11-9(12)5-8-3-2-4-13-8/h2-4,7H,5-6,10H2,1H3,(H,11,12). The first-order valence-electron chi connectivity index (χ1n) is 4.24. The minimum absolute atomic E-state index is 0.0162. The topological polar surface area (TPSA) is 68.3 Å². The molecule has 0 aliphatic heterocycles. The van der Waals surface area contributed by atoms with E-state index in [9.17, 15) is 4.79 Å². The molecule has 0 bridgehead atoms. The molecule has 4 heteroatoms. The maximum Gasteiger partial charge on any atom is 0.227 e. The number of hydrogen-bond donors (Lipinski definition) is 2. The van der Waals surface area contributed by atoms with E-state index in [1.807, 2.05) is 6.92 Å². The molecule has 0 spiro atoms. The molecule has 0 radical (unpaired) electrons. The van der Waals surface area contributed by atoms with Crippen molar-refractivity contribution in [3.05, 3.63) is 24.2 Å². The number of carbonyl (C=O) groups is 1. The fourth-order valence-corrected chi connectivity index (χ4v) is 0.956. The summed E-state index contributed by atoms with van der Waals surface area (Å²) >= 11 is 0. The van der Waals surface area contributed by atoms with E-state index in [1.54, 1.807) is 18.4 Å². The molecule has 0 aromatic carbocycles. The van der Waals surface area contributed by atoms with Crippen molar-refractivity contribution in [2.75, 3.05) is 6.54 Å². The predicted molar refractivity (Wildman–Crippen MR) is 49.1 cm³/mol. The van der Waals surface area contributed by atoms with Gasteiger partial charge in [0.25, 0.3) is 0 Å². The maximum atomic E-state index is 11.3. The first-order chi connectivity index (χ1) is 6.22. The summed E-state index contributed by atoms with van der Waals surface area (Å²) in [7, 11) is 0. The van der Waals surface area contributed by atoms with Crippen LogP contribution in [0.25, 0.3) is 0 Å². The lowest BCUT2D eigenvalue weighted by Crippen LogP contribution is -2.38. The number of nitrogens with one attached hydrogen (secondary N) is 1. The average Bonchev–Trinajstić information content (AvgIpc) is 2.56. The largest absolute Gasteiger partial charge is 0.469 e. The Hall–Kier alpha value is -1.29. The van der Waals surface area contributed by atoms with Gasteiger partial charge in [-0.05, 0) is 19.1 Å². The lowest BCUT2D eigenvalue weighted by atomic mass is 10.3. The van der Waals surface area contributed by atoms with E-state index in [0.29, 0.717) is 12.3 Å². The smallest absolute Gasteiger partial charge is 0.227 e. The Bertz CT molecular complexity index is 257. The van der Waals surface area contributed by atoms with E-state index in [0.717, 1.165) is 0 Å². The zero-order chi connectivity index (χ0) is 9.68. The van der Waals surface area contributed by atoms with Gasteiger partial charge in [0.2, 0.25) is 5.91 Å². The first-order valence-corrected chi connectivity index (χ1v) is 4.24. The van der Waals surface area contributed by atoms with Gasteiger partial charge < -0.3 is 15.5 Å². The van der Waals surface area contributed by atoms with Gasteiger partial charge >= 0.3 is 0 Å². The van der Waals surface area contributed by atoms with Crippen molar-refractivity contribution < 1.29 is 9.21 Å². The van der Waals surface area contributed by atoms with Gasteiger partial charge in [-0.2, -0.15) is 0 Å². The summed E-state index contributed by atoms with van der Waals surface area (Å²) in [5.41, 5.74) is 5.36. The van der Waals surface area contributed by atoms with Gasteiger partial charge in [-0.1, -0.05) is 0 Å². The molecule has 4 nitrogen and oxygen atoms in total. The Labute approximate surface area is 77.1 Å². The fourth-order valence-electron chi connectivity index (χ4n) is 0.956. The molecule has 0 saturated carbocycles. The Morgan fingerprint density at radius 3 is 3.08 bits per heavy atom. The fraction of sp³-hybridized carbons (Fsp3) is 0.444. The van der Waals surface area contributed by atoms with Crippen LogP contribution in [0.1, 0.15) is 12.7 Å². The van der Waals surface area contributed by atoms with Crippen LogP contribution in [-0.4, -0.2) is 18.5 Å². The molecule has 0 aliphatic rings. The van der Waals surface area contributed by atoms with Crippen molar-refractivity contribution in [2.24, 2.45) is 5.73 Å². The zero-order valence-corrected chi connectivity index (χ0v) is 7.62. The van der Waals surface area contributed by atoms with Gasteiger partial charge in [0, 0.05) is 12.6 Å². The van der Waals surface area contributed by atoms with Crippen LogP contribution in [0.4, 0.5) is 0 Å². The molecule has 72 valence electrons. The van der Waals surface area contributed by atoms with Crippen LogP contribution >= 0.6 is 0 Å². The first kappa shape index (κ1) is 9.80. The highest BCUT2D eigenvalue weighted by Gasteiger charge is 2.07. The molecule has 1 rings (SSSR count). The predicted octanol–water partition coefficient (Wildman–Crippen LogP) is 0.286. The van der Waals surface area contributed by atoms with Crippen LogP contribution in [-0.2, 0) is 11.2 Å². The second-order valence-electron chi connectivity index (χ2n) is 2.96. The summed E-state index contributed by atoms with van der Waals surface area (Å²) in [4.78, 5) is 11.3. The van der Waals surface area contributed by atoms with E-state index in [-0.39, 0.29) is 18.4 Å². The van der Waals surface area contributed by atoms with Crippen molar-refractivity contribution in [1.82, 2.24) is 5.32 Å². The number of amides is 1. The summed E-state index contributed by atoms with van der Waals surface area (Å²) in [5, 5.41) is 2.74. The van der Waals surface area contributed by atoms with E-state index < -0.39 is 0 Å². The molecule has 1 atom stereocenters. The number of rotatable bonds is 4. The number of furan rings is 1. The summed E-state index contributed by atoms with van der Waals surface area (Å²) in [5.74, 6) is 0.606. The Balaban J connectivity index is 2.34. The van der Waals surface area contributed by atoms with Crippen LogP contribution < -0.4 is 11.1 Å². The highest BCUT2D eigenvalue weighted by molar-refractivity contribution is 5.78. The SMILES string of the molecule is CC(CN)NC(=O)Cc1ccco1. The molecule has 0 saturated heterocycles. The molecule has 1 aromatic heterocycles. The lowest BCUT2D eigenvalue weighted by molar-refractivity contribution is -0.121. The van der Waals surface area contributed by atoms with Gasteiger partial charge in [-0.3, -0.25) is 4.79 Å². The summed E-state index contributed by atoms with van der Waals surface area (Å²) in [6, 6.07) is 3.55. The minimum atomic E-state index is -0.0621. The van der Waals surface area contributed by atoms with Crippen molar-refractivity contribution in [2.45, 2.75) is 19.4 Å². The maximum absolute atomic E-state index is 11.3. The molecular weight excluding hydrogens is 168 g/mol. The second-order valence-corrected chi connectivity index (χ2v) is 2.96. The molecule has 13 heavy (non-hydrogen) atoms. The lowest BCUT2D eigenvalue weighted by Gasteiger charge is -2.09. The summed E-state index contributed by atoms with van der Waals surface area (Å²) in [6.07, 6.45) is 1.83. The van der Waals surface area contributed by atoms with Crippen molar-refractivity contribution in [3.8, 4) is 0 Å². The van der Waals surface area contributed by atoms with Crippen LogP contribution in [0, 0.1) is 0 Å². The van der Waals surface area contributed by atoms with Crippen molar-refractivity contribution >= 4 is 5.91 Å². The van der Waals surface area contributed by atoms with Gasteiger partial charge in [0.1, 0.15) is 5.76 Å². The monoisotopic (exact) mass is 182 g/mol. The van der Waals surface area contributed by atoms with E-state index in [2.05, 4.69) is 5.32 Å². The molecule has 1 amide bonds. The summed E-state index contributed by atoms with van der Waals surface area (Å²) in [6.45, 7) is 2.31. The van der Waals surface area contributed by atoms with E-state index in [1.165, 1.54) is 0 Å². The third kappa shape index (κ3) is 3.29. The second kappa shape index (κ2) is 4.67. The van der Waals surface area contributed by atoms with Crippen molar-refractivity contribution in [3.63, 3.8) is 0 Å². The highest BCUT2D eigenvalue weighted by Crippen LogP contribution is 2.00. The van der Waals surface area contributed by atoms with Crippen LogP contribution in [0.3, 0.4) is 0 Å². The van der Waals surface area contributed by atoms with E-state index >= 15 is 0 Å². The van der Waals surface area contributed by atoms with Crippen LogP contribution in [0.2, 0.25) is 0 Å². The van der Waals surface area contributed by atoms with Crippen LogP contribution in [0.5, 0.6) is 0 Å². The Morgan fingerprint density at radius 2 is 2.54 bits per heavy atom. The Morgan fingerprint density at radius 1 is 1.77 bits per heavy atom. The van der Waals surface area contributed by atoms with Crippen LogP contribution in [0.15, 0.2) is 22.8 Å². The molecular formula is C9H14N2O2. The molecule has 0 aliphatic carbocycles. The van der Waals surface area contributed by atoms with Gasteiger partial charge in [-0.15, -0.1) is 0 Å². The third-order valence-electron chi connectivity index (χ3n) is 1.68. The number of hydrogen-bond acceptors (Lipinski definition) is 3. The molecule has 0 fully saturated rings. The Kier molecular flexibility index (Phi) is 3.52. The van der Waals surface area contributed by atoms with Gasteiger partial charge in [-0.25, -0.2) is 0 Å². The molecule has 3 N–H and O–H groups in total.